The predicted molar refractivity (Wildman–Crippen MR) is 81.9 cm³/mol. The van der Waals surface area contributed by atoms with Crippen molar-refractivity contribution in [2.45, 2.75) is 6.04 Å². The molecule has 1 aromatic heterocycles. The number of halogens is 1. The van der Waals surface area contributed by atoms with Gasteiger partial charge in [0.25, 0.3) is 0 Å². The van der Waals surface area contributed by atoms with Crippen molar-refractivity contribution in [2.75, 3.05) is 0 Å². The Morgan fingerprint density at radius 1 is 0.947 bits per heavy atom. The number of hydrogen-bond acceptors (Lipinski definition) is 2. The summed E-state index contributed by atoms with van der Waals surface area (Å²) in [6.45, 7) is 0. The molecule has 0 radical (unpaired) electrons. The Labute approximate surface area is 120 Å². The molecule has 2 N–H and O–H groups in total. The molecule has 0 fully saturated rings. The summed E-state index contributed by atoms with van der Waals surface area (Å²) < 4.78 is 1.06. The molecule has 0 amide bonds. The van der Waals surface area contributed by atoms with Gasteiger partial charge in [-0.3, -0.25) is 4.98 Å². The number of pyridine rings is 1. The lowest BCUT2D eigenvalue weighted by atomic mass is 9.97. The van der Waals surface area contributed by atoms with E-state index in [9.17, 15) is 0 Å². The van der Waals surface area contributed by atoms with Crippen molar-refractivity contribution < 1.29 is 0 Å². The van der Waals surface area contributed by atoms with E-state index < -0.39 is 0 Å². The summed E-state index contributed by atoms with van der Waals surface area (Å²) in [4.78, 5) is 4.29. The molecule has 0 aliphatic rings. The van der Waals surface area contributed by atoms with Gasteiger partial charge in [-0.25, -0.2) is 0 Å². The summed E-state index contributed by atoms with van der Waals surface area (Å²) in [5.74, 6) is 0. The average Bonchev–Trinajstić information content (AvgIpc) is 2.47. The van der Waals surface area contributed by atoms with E-state index in [0.717, 1.165) is 26.4 Å². The molecule has 2 aromatic carbocycles. The molecule has 2 nitrogen and oxygen atoms in total. The van der Waals surface area contributed by atoms with E-state index in [0.29, 0.717) is 0 Å². The minimum atomic E-state index is -0.160. The average molecular weight is 313 g/mol. The fraction of sp³-hybridized carbons (Fsp3) is 0.0625. The van der Waals surface area contributed by atoms with Crippen LogP contribution in [0.15, 0.2) is 65.4 Å². The molecule has 0 aliphatic heterocycles. The lowest BCUT2D eigenvalue weighted by molar-refractivity contribution is 0.873. The lowest BCUT2D eigenvalue weighted by Crippen LogP contribution is -2.12. The number of nitrogens with two attached hydrogens (primary N) is 1. The fourth-order valence-electron chi connectivity index (χ4n) is 2.24. The molecule has 1 atom stereocenters. The summed E-state index contributed by atoms with van der Waals surface area (Å²) in [5.41, 5.74) is 8.52. The molecule has 3 aromatic rings. The van der Waals surface area contributed by atoms with Crippen LogP contribution in [-0.2, 0) is 0 Å². The monoisotopic (exact) mass is 312 g/mol. The summed E-state index contributed by atoms with van der Waals surface area (Å²) in [6, 6.07) is 16.1. The Balaban J connectivity index is 2.11. The summed E-state index contributed by atoms with van der Waals surface area (Å²) in [6.07, 6.45) is 3.72. The highest BCUT2D eigenvalue weighted by Crippen LogP contribution is 2.27. The van der Waals surface area contributed by atoms with Crippen molar-refractivity contribution in [3.8, 4) is 0 Å². The lowest BCUT2D eigenvalue weighted by Gasteiger charge is -2.14. The first-order chi connectivity index (χ1) is 9.25. The summed E-state index contributed by atoms with van der Waals surface area (Å²) in [7, 11) is 0. The number of aromatic nitrogens is 1. The van der Waals surface area contributed by atoms with Crippen LogP contribution >= 0.6 is 15.9 Å². The van der Waals surface area contributed by atoms with Gasteiger partial charge in [0.15, 0.2) is 0 Å². The van der Waals surface area contributed by atoms with Gasteiger partial charge in [0.1, 0.15) is 0 Å². The van der Waals surface area contributed by atoms with E-state index in [4.69, 9.17) is 5.73 Å². The fourth-order valence-corrected chi connectivity index (χ4v) is 2.50. The SMILES string of the molecule is NC(c1ccc(Br)cc1)c1cncc2ccccc12. The standard InChI is InChI=1S/C16H13BrN2/c17-13-7-5-11(6-8-13)16(18)15-10-19-9-12-3-1-2-4-14(12)15/h1-10,16H,18H2. The molecule has 3 heteroatoms. The van der Waals surface area contributed by atoms with Crippen molar-refractivity contribution in [2.24, 2.45) is 5.73 Å². The second kappa shape index (κ2) is 5.11. The van der Waals surface area contributed by atoms with Crippen LogP contribution in [0.25, 0.3) is 10.8 Å². The Morgan fingerprint density at radius 3 is 2.47 bits per heavy atom. The van der Waals surface area contributed by atoms with Crippen LogP contribution in [0, 0.1) is 0 Å². The quantitative estimate of drug-likeness (QED) is 0.775. The maximum absolute atomic E-state index is 6.38. The van der Waals surface area contributed by atoms with Gasteiger partial charge < -0.3 is 5.73 Å². The van der Waals surface area contributed by atoms with Crippen molar-refractivity contribution in [3.63, 3.8) is 0 Å². The van der Waals surface area contributed by atoms with E-state index in [1.54, 1.807) is 0 Å². The van der Waals surface area contributed by atoms with Crippen LogP contribution in [0.1, 0.15) is 17.2 Å². The van der Waals surface area contributed by atoms with Gasteiger partial charge in [0.2, 0.25) is 0 Å². The maximum Gasteiger partial charge on any atom is 0.0573 e. The third-order valence-electron chi connectivity index (χ3n) is 3.26. The minimum Gasteiger partial charge on any atom is -0.320 e. The molecule has 1 heterocycles. The van der Waals surface area contributed by atoms with Crippen LogP contribution in [0.5, 0.6) is 0 Å². The minimum absolute atomic E-state index is 0.160. The van der Waals surface area contributed by atoms with Gasteiger partial charge in [0, 0.05) is 22.3 Å². The van der Waals surface area contributed by atoms with Crippen LogP contribution in [0.3, 0.4) is 0 Å². The van der Waals surface area contributed by atoms with Gasteiger partial charge in [-0.1, -0.05) is 52.3 Å². The molecule has 3 rings (SSSR count). The Kier molecular flexibility index (Phi) is 3.32. The highest BCUT2D eigenvalue weighted by atomic mass is 79.9. The number of hydrogen-bond donors (Lipinski definition) is 1. The largest absolute Gasteiger partial charge is 0.320 e. The number of nitrogens with zero attached hydrogens (tertiary/aromatic N) is 1. The first kappa shape index (κ1) is 12.3. The zero-order valence-corrected chi connectivity index (χ0v) is 11.8. The third kappa shape index (κ3) is 2.39. The molecular formula is C16H13BrN2. The topological polar surface area (TPSA) is 38.9 Å². The van der Waals surface area contributed by atoms with Gasteiger partial charge >= 0.3 is 0 Å². The summed E-state index contributed by atoms with van der Waals surface area (Å²) >= 11 is 3.44. The van der Waals surface area contributed by atoms with Crippen molar-refractivity contribution in [1.82, 2.24) is 4.98 Å². The highest BCUT2D eigenvalue weighted by molar-refractivity contribution is 9.10. The zero-order valence-electron chi connectivity index (χ0n) is 10.3. The normalized spacial score (nSPS) is 12.5. The third-order valence-corrected chi connectivity index (χ3v) is 3.79. The number of benzene rings is 2. The Morgan fingerprint density at radius 2 is 1.68 bits per heavy atom. The Hall–Kier alpha value is -1.71. The van der Waals surface area contributed by atoms with Gasteiger partial charge in [-0.2, -0.15) is 0 Å². The first-order valence-electron chi connectivity index (χ1n) is 6.09. The van der Waals surface area contributed by atoms with Gasteiger partial charge in [-0.05, 0) is 28.6 Å². The number of rotatable bonds is 2. The second-order valence-electron chi connectivity index (χ2n) is 4.48. The first-order valence-corrected chi connectivity index (χ1v) is 6.89. The van der Waals surface area contributed by atoms with Gasteiger partial charge in [-0.15, -0.1) is 0 Å². The van der Waals surface area contributed by atoms with E-state index in [1.807, 2.05) is 48.8 Å². The molecule has 0 bridgehead atoms. The Bertz CT molecular complexity index is 702. The van der Waals surface area contributed by atoms with Crippen LogP contribution in [0.2, 0.25) is 0 Å². The molecule has 94 valence electrons. The van der Waals surface area contributed by atoms with Crippen molar-refractivity contribution in [1.29, 1.82) is 0 Å². The van der Waals surface area contributed by atoms with E-state index in [2.05, 4.69) is 33.0 Å². The molecular weight excluding hydrogens is 300 g/mol. The molecule has 0 saturated carbocycles. The summed E-state index contributed by atoms with van der Waals surface area (Å²) in [5, 5.41) is 2.28. The van der Waals surface area contributed by atoms with Crippen molar-refractivity contribution in [3.05, 3.63) is 76.5 Å². The molecule has 19 heavy (non-hydrogen) atoms. The van der Waals surface area contributed by atoms with Crippen LogP contribution < -0.4 is 5.73 Å². The van der Waals surface area contributed by atoms with E-state index in [1.165, 1.54) is 0 Å². The maximum atomic E-state index is 6.38. The predicted octanol–water partition coefficient (Wildman–Crippen LogP) is 4.05. The smallest absolute Gasteiger partial charge is 0.0573 e. The molecule has 0 saturated heterocycles. The molecule has 0 aliphatic carbocycles. The highest BCUT2D eigenvalue weighted by Gasteiger charge is 2.12. The second-order valence-corrected chi connectivity index (χ2v) is 5.39. The molecule has 0 spiro atoms. The van der Waals surface area contributed by atoms with Crippen LogP contribution in [-0.4, -0.2) is 4.98 Å². The van der Waals surface area contributed by atoms with E-state index >= 15 is 0 Å². The molecule has 1 unspecified atom stereocenters. The number of fused-ring (bicyclic) bond motifs is 1. The van der Waals surface area contributed by atoms with E-state index in [-0.39, 0.29) is 6.04 Å². The van der Waals surface area contributed by atoms with Gasteiger partial charge in [0.05, 0.1) is 6.04 Å². The van der Waals surface area contributed by atoms with Crippen molar-refractivity contribution >= 4 is 26.7 Å². The van der Waals surface area contributed by atoms with Crippen LogP contribution in [0.4, 0.5) is 0 Å². The zero-order chi connectivity index (χ0) is 13.2.